The van der Waals surface area contributed by atoms with Gasteiger partial charge in [0.1, 0.15) is 0 Å². The number of carbonyl (C=O) groups excluding carboxylic acids is 1. The molecule has 0 aromatic rings. The largest absolute Gasteiger partial charge is 0.490 e. The molecule has 9 heteroatoms. The Morgan fingerprint density at radius 2 is 1.93 bits per heavy atom. The van der Waals surface area contributed by atoms with Gasteiger partial charge in [0.25, 0.3) is 0 Å². The van der Waals surface area contributed by atoms with Crippen LogP contribution in [0.2, 0.25) is 0 Å². The molecule has 2 amide bonds. The Hall–Kier alpha value is -1.38. The Balaban J connectivity index is 0.000000265. The Bertz CT molecular complexity index is 271. The van der Waals surface area contributed by atoms with E-state index in [0.717, 1.165) is 0 Å². The highest BCUT2D eigenvalue weighted by Crippen LogP contribution is 2.16. The molecule has 0 spiro atoms. The van der Waals surface area contributed by atoms with Crippen LogP contribution in [0.1, 0.15) is 0 Å². The number of nitrogens with two attached hydrogens (primary N) is 1. The molecule has 0 aliphatic carbocycles. The van der Waals surface area contributed by atoms with Crippen molar-refractivity contribution in [3.05, 3.63) is 11.5 Å². The van der Waals surface area contributed by atoms with E-state index in [0.29, 0.717) is 6.54 Å². The third-order valence-electron chi connectivity index (χ3n) is 1.04. The van der Waals surface area contributed by atoms with Gasteiger partial charge in [0, 0.05) is 0 Å². The van der Waals surface area contributed by atoms with Crippen molar-refractivity contribution in [2.75, 3.05) is 6.54 Å². The molecular formula is C6H7F3N2O3S. The summed E-state index contributed by atoms with van der Waals surface area (Å²) in [6.07, 6.45) is -3.20. The molecule has 15 heavy (non-hydrogen) atoms. The van der Waals surface area contributed by atoms with Crippen molar-refractivity contribution in [3.8, 4) is 0 Å². The van der Waals surface area contributed by atoms with E-state index < -0.39 is 12.1 Å². The number of alkyl halides is 3. The van der Waals surface area contributed by atoms with Crippen molar-refractivity contribution in [3.63, 3.8) is 0 Å². The van der Waals surface area contributed by atoms with Crippen LogP contribution in [-0.2, 0) is 4.79 Å². The molecule has 0 radical (unpaired) electrons. The molecule has 0 aromatic carbocycles. The minimum Gasteiger partial charge on any atom is -0.475 e. The maximum atomic E-state index is 10.6. The van der Waals surface area contributed by atoms with Gasteiger partial charge in [-0.2, -0.15) is 13.2 Å². The third-order valence-corrected chi connectivity index (χ3v) is 1.94. The highest BCUT2D eigenvalue weighted by molar-refractivity contribution is 8.00. The number of rotatable bonds is 0. The number of carboxylic acid groups (broad SMARTS) is 1. The van der Waals surface area contributed by atoms with Crippen molar-refractivity contribution in [1.29, 1.82) is 0 Å². The van der Waals surface area contributed by atoms with E-state index >= 15 is 0 Å². The number of nitrogens with zero attached hydrogens (tertiary/aromatic N) is 1. The number of halogens is 3. The molecule has 0 saturated carbocycles. The van der Waals surface area contributed by atoms with Crippen LogP contribution in [-0.4, -0.2) is 34.1 Å². The molecule has 86 valence electrons. The number of carboxylic acids is 1. The average molecular weight is 244 g/mol. The van der Waals surface area contributed by atoms with Gasteiger partial charge in [0.15, 0.2) is 0 Å². The number of aliphatic carboxylic acids is 1. The summed E-state index contributed by atoms with van der Waals surface area (Å²) in [5.74, 6) is -2.76. The summed E-state index contributed by atoms with van der Waals surface area (Å²) in [6, 6.07) is -0.375. The van der Waals surface area contributed by atoms with Gasteiger partial charge in [-0.15, -0.1) is 0 Å². The van der Waals surface area contributed by atoms with Crippen LogP contribution in [0.3, 0.4) is 0 Å². The summed E-state index contributed by atoms with van der Waals surface area (Å²) in [5, 5.41) is 8.96. The molecular weight excluding hydrogens is 237 g/mol. The average Bonchev–Trinajstić information content (AvgIpc) is 2.54. The molecule has 1 heterocycles. The van der Waals surface area contributed by atoms with Crippen LogP contribution in [0, 0.1) is 0 Å². The maximum absolute atomic E-state index is 10.6. The standard InChI is InChI=1S/C4H6N2OS.C2HF3O2/c5-4(7)6-2-1-3-8-6;3-2(4,5)1(6)7/h1,3H,2H2,(H2,5,7);(H,6,7). The van der Waals surface area contributed by atoms with Crippen molar-refractivity contribution in [1.82, 2.24) is 4.31 Å². The summed E-state index contributed by atoms with van der Waals surface area (Å²) in [4.78, 5) is 19.2. The second-order valence-electron chi connectivity index (χ2n) is 2.18. The second kappa shape index (κ2) is 5.49. The molecule has 5 nitrogen and oxygen atoms in total. The first-order valence-electron chi connectivity index (χ1n) is 3.44. The summed E-state index contributed by atoms with van der Waals surface area (Å²) in [5.41, 5.74) is 4.92. The van der Waals surface area contributed by atoms with Gasteiger partial charge in [0.05, 0.1) is 6.54 Å². The number of carbonyl (C=O) groups is 2. The monoisotopic (exact) mass is 244 g/mol. The number of urea groups is 1. The fourth-order valence-electron chi connectivity index (χ4n) is 0.440. The fourth-order valence-corrected chi connectivity index (χ4v) is 1.04. The quantitative estimate of drug-likeness (QED) is 0.626. The van der Waals surface area contributed by atoms with Gasteiger partial charge >= 0.3 is 18.2 Å². The first kappa shape index (κ1) is 13.6. The lowest BCUT2D eigenvalue weighted by atomic mass is 10.6. The van der Waals surface area contributed by atoms with Crippen molar-refractivity contribution >= 4 is 23.9 Å². The predicted octanol–water partition coefficient (Wildman–Crippen LogP) is 1.18. The molecule has 3 N–H and O–H groups in total. The molecule has 0 fully saturated rings. The van der Waals surface area contributed by atoms with E-state index in [1.807, 2.05) is 11.5 Å². The topological polar surface area (TPSA) is 83.6 Å². The first-order valence-corrected chi connectivity index (χ1v) is 4.27. The van der Waals surface area contributed by atoms with E-state index in [9.17, 15) is 18.0 Å². The molecule has 1 rings (SSSR count). The minimum absolute atomic E-state index is 0.375. The lowest BCUT2D eigenvalue weighted by Gasteiger charge is -2.07. The summed E-state index contributed by atoms with van der Waals surface area (Å²) in [6.45, 7) is 0.639. The Kier molecular flexibility index (Phi) is 4.98. The third kappa shape index (κ3) is 5.83. The highest BCUT2D eigenvalue weighted by Gasteiger charge is 2.38. The fraction of sp³-hybridized carbons (Fsp3) is 0.333. The number of primary amides is 1. The zero-order valence-electron chi connectivity index (χ0n) is 7.19. The van der Waals surface area contributed by atoms with E-state index in [1.54, 1.807) is 0 Å². The zero-order valence-corrected chi connectivity index (χ0v) is 8.01. The number of hydrogen-bond donors (Lipinski definition) is 2. The molecule has 1 aliphatic rings. The summed E-state index contributed by atoms with van der Waals surface area (Å²) < 4.78 is 33.2. The lowest BCUT2D eigenvalue weighted by Crippen LogP contribution is -2.27. The molecule has 0 atom stereocenters. The SMILES string of the molecule is NC(=O)N1CC=CS1.O=C(O)C(F)(F)F. The van der Waals surface area contributed by atoms with E-state index in [-0.39, 0.29) is 6.03 Å². The number of amides is 2. The van der Waals surface area contributed by atoms with Gasteiger partial charge in [-0.25, -0.2) is 9.59 Å². The molecule has 0 saturated heterocycles. The highest BCUT2D eigenvalue weighted by atomic mass is 32.2. The summed E-state index contributed by atoms with van der Waals surface area (Å²) in [7, 11) is 0. The van der Waals surface area contributed by atoms with Crippen LogP contribution in [0.5, 0.6) is 0 Å². The molecule has 0 unspecified atom stereocenters. The minimum atomic E-state index is -5.08. The predicted molar refractivity (Wildman–Crippen MR) is 46.7 cm³/mol. The Morgan fingerprint density at radius 3 is 2.07 bits per heavy atom. The van der Waals surface area contributed by atoms with Crippen molar-refractivity contribution < 1.29 is 27.9 Å². The Labute approximate surface area is 86.8 Å². The smallest absolute Gasteiger partial charge is 0.475 e. The van der Waals surface area contributed by atoms with Crippen LogP contribution in [0.4, 0.5) is 18.0 Å². The molecule has 0 bridgehead atoms. The summed E-state index contributed by atoms with van der Waals surface area (Å²) >= 11 is 1.33. The second-order valence-corrected chi connectivity index (χ2v) is 3.10. The number of hydrogen-bond acceptors (Lipinski definition) is 3. The Morgan fingerprint density at radius 1 is 1.47 bits per heavy atom. The van der Waals surface area contributed by atoms with Gasteiger partial charge < -0.3 is 10.8 Å². The molecule has 0 aromatic heterocycles. The van der Waals surface area contributed by atoms with Crippen LogP contribution < -0.4 is 5.73 Å². The van der Waals surface area contributed by atoms with Gasteiger partial charge in [-0.1, -0.05) is 6.08 Å². The van der Waals surface area contributed by atoms with Crippen molar-refractivity contribution in [2.24, 2.45) is 5.73 Å². The van der Waals surface area contributed by atoms with Gasteiger partial charge in [-0.3, -0.25) is 4.31 Å². The van der Waals surface area contributed by atoms with Gasteiger partial charge in [-0.05, 0) is 17.4 Å². The van der Waals surface area contributed by atoms with Gasteiger partial charge in [0.2, 0.25) is 0 Å². The zero-order chi connectivity index (χ0) is 12.1. The van der Waals surface area contributed by atoms with Crippen LogP contribution in [0.25, 0.3) is 0 Å². The van der Waals surface area contributed by atoms with E-state index in [1.165, 1.54) is 16.3 Å². The first-order chi connectivity index (χ1) is 6.75. The normalized spacial score (nSPS) is 14.5. The van der Waals surface area contributed by atoms with E-state index in [4.69, 9.17) is 15.6 Å². The van der Waals surface area contributed by atoms with E-state index in [2.05, 4.69) is 0 Å². The van der Waals surface area contributed by atoms with Crippen LogP contribution in [0.15, 0.2) is 11.5 Å². The lowest BCUT2D eigenvalue weighted by molar-refractivity contribution is -0.192. The maximum Gasteiger partial charge on any atom is 0.490 e. The molecule has 1 aliphatic heterocycles. The van der Waals surface area contributed by atoms with Crippen LogP contribution >= 0.6 is 11.9 Å². The van der Waals surface area contributed by atoms with Crippen molar-refractivity contribution in [2.45, 2.75) is 6.18 Å².